The Bertz CT molecular complexity index is 860. The standard InChI is InChI=1S/C21H27N3O6/c1-13-7-9-21(10-8-13)19(27)24(20(28)22-21)23-17(25)11-30-18(26)12-29-16-6-4-5-14(2)15(16)3/h4-6,13H,7-12H2,1-3H3,(H,22,28)(H,23,25). The SMILES string of the molecule is Cc1cccc(OCC(=O)OCC(=O)NN2C(=O)NC3(CCC(C)CC3)C2=O)c1C. The first kappa shape index (κ1) is 21.6. The van der Waals surface area contributed by atoms with Gasteiger partial charge in [0.25, 0.3) is 11.8 Å². The number of urea groups is 1. The monoisotopic (exact) mass is 417 g/mol. The Hall–Kier alpha value is -3.10. The number of benzene rings is 1. The van der Waals surface area contributed by atoms with Crippen molar-refractivity contribution in [3.05, 3.63) is 29.3 Å². The van der Waals surface area contributed by atoms with E-state index in [4.69, 9.17) is 9.47 Å². The van der Waals surface area contributed by atoms with Crippen molar-refractivity contribution >= 4 is 23.8 Å². The van der Waals surface area contributed by atoms with Crippen LogP contribution in [0, 0.1) is 19.8 Å². The maximum atomic E-state index is 12.7. The average Bonchev–Trinajstić information content (AvgIpc) is 2.94. The summed E-state index contributed by atoms with van der Waals surface area (Å²) in [6.45, 7) is 4.92. The molecule has 1 aromatic rings. The molecule has 9 nitrogen and oxygen atoms in total. The van der Waals surface area contributed by atoms with Gasteiger partial charge in [0.2, 0.25) is 0 Å². The molecule has 2 N–H and O–H groups in total. The van der Waals surface area contributed by atoms with Gasteiger partial charge in [0.15, 0.2) is 13.2 Å². The number of esters is 1. The van der Waals surface area contributed by atoms with Crippen LogP contribution in [0.3, 0.4) is 0 Å². The van der Waals surface area contributed by atoms with Gasteiger partial charge in [-0.3, -0.25) is 15.0 Å². The molecule has 1 aliphatic heterocycles. The van der Waals surface area contributed by atoms with Crippen LogP contribution >= 0.6 is 0 Å². The second-order valence-electron chi connectivity index (χ2n) is 8.02. The van der Waals surface area contributed by atoms with Crippen molar-refractivity contribution in [2.75, 3.05) is 13.2 Å². The van der Waals surface area contributed by atoms with Gasteiger partial charge in [-0.15, -0.1) is 0 Å². The summed E-state index contributed by atoms with van der Waals surface area (Å²) in [4.78, 5) is 48.8. The lowest BCUT2D eigenvalue weighted by Crippen LogP contribution is -2.52. The minimum absolute atomic E-state index is 0.359. The first-order valence-corrected chi connectivity index (χ1v) is 10.0. The fourth-order valence-corrected chi connectivity index (χ4v) is 3.68. The van der Waals surface area contributed by atoms with E-state index in [1.807, 2.05) is 26.0 Å². The van der Waals surface area contributed by atoms with Crippen molar-refractivity contribution in [1.29, 1.82) is 0 Å². The number of imide groups is 1. The molecule has 0 radical (unpaired) electrons. The Morgan fingerprint density at radius 1 is 1.20 bits per heavy atom. The Kier molecular flexibility index (Phi) is 6.28. The lowest BCUT2D eigenvalue weighted by molar-refractivity contribution is -0.152. The highest BCUT2D eigenvalue weighted by molar-refractivity contribution is 6.08. The summed E-state index contributed by atoms with van der Waals surface area (Å²) in [5, 5.41) is 3.38. The summed E-state index contributed by atoms with van der Waals surface area (Å²) in [7, 11) is 0. The number of hydrazine groups is 1. The van der Waals surface area contributed by atoms with Crippen LogP contribution in [0.4, 0.5) is 4.79 Å². The molecule has 1 aromatic carbocycles. The smallest absolute Gasteiger partial charge is 0.344 e. The number of ether oxygens (including phenoxy) is 2. The van der Waals surface area contributed by atoms with Crippen LogP contribution in [0.1, 0.15) is 43.7 Å². The first-order chi connectivity index (χ1) is 14.2. The van der Waals surface area contributed by atoms with Gasteiger partial charge in [-0.2, -0.15) is 5.01 Å². The van der Waals surface area contributed by atoms with Crippen molar-refractivity contribution in [2.45, 2.75) is 52.0 Å². The van der Waals surface area contributed by atoms with Crippen LogP contribution in [0.25, 0.3) is 0 Å². The van der Waals surface area contributed by atoms with E-state index in [0.717, 1.165) is 24.0 Å². The van der Waals surface area contributed by atoms with Gasteiger partial charge in [0.05, 0.1) is 0 Å². The zero-order valence-electron chi connectivity index (χ0n) is 17.4. The maximum absolute atomic E-state index is 12.7. The number of nitrogens with zero attached hydrogens (tertiary/aromatic N) is 1. The van der Waals surface area contributed by atoms with E-state index in [2.05, 4.69) is 17.7 Å². The van der Waals surface area contributed by atoms with Gasteiger partial charge >= 0.3 is 12.0 Å². The van der Waals surface area contributed by atoms with Crippen LogP contribution in [0.15, 0.2) is 18.2 Å². The summed E-state index contributed by atoms with van der Waals surface area (Å²) < 4.78 is 10.3. The highest BCUT2D eigenvalue weighted by atomic mass is 16.6. The van der Waals surface area contributed by atoms with Gasteiger partial charge in [0, 0.05) is 0 Å². The molecule has 9 heteroatoms. The molecule has 1 saturated carbocycles. The fraction of sp³-hybridized carbons (Fsp3) is 0.524. The first-order valence-electron chi connectivity index (χ1n) is 10.0. The Morgan fingerprint density at radius 3 is 2.60 bits per heavy atom. The molecule has 0 bridgehead atoms. The Morgan fingerprint density at radius 2 is 1.90 bits per heavy atom. The second-order valence-corrected chi connectivity index (χ2v) is 8.02. The van der Waals surface area contributed by atoms with Gasteiger partial charge in [-0.05, 0) is 62.6 Å². The van der Waals surface area contributed by atoms with E-state index in [-0.39, 0.29) is 6.61 Å². The lowest BCUT2D eigenvalue weighted by Gasteiger charge is -2.33. The van der Waals surface area contributed by atoms with E-state index in [9.17, 15) is 19.2 Å². The number of amides is 4. The van der Waals surface area contributed by atoms with Crippen LogP contribution in [-0.4, -0.2) is 47.6 Å². The van der Waals surface area contributed by atoms with E-state index in [0.29, 0.717) is 29.5 Å². The highest BCUT2D eigenvalue weighted by Crippen LogP contribution is 2.35. The van der Waals surface area contributed by atoms with E-state index < -0.39 is 36.0 Å². The number of nitrogens with one attached hydrogen (secondary N) is 2. The van der Waals surface area contributed by atoms with Crippen LogP contribution in [-0.2, 0) is 19.1 Å². The fourth-order valence-electron chi connectivity index (χ4n) is 3.68. The molecular weight excluding hydrogens is 390 g/mol. The zero-order chi connectivity index (χ0) is 21.9. The number of hydrogen-bond donors (Lipinski definition) is 2. The summed E-state index contributed by atoms with van der Waals surface area (Å²) in [5.74, 6) is -0.935. The Balaban J connectivity index is 1.46. The highest BCUT2D eigenvalue weighted by Gasteiger charge is 2.52. The normalized spacial score (nSPS) is 23.3. The summed E-state index contributed by atoms with van der Waals surface area (Å²) >= 11 is 0. The Labute approximate surface area is 175 Å². The van der Waals surface area contributed by atoms with Crippen molar-refractivity contribution in [3.63, 3.8) is 0 Å². The minimum atomic E-state index is -0.951. The molecule has 1 heterocycles. The van der Waals surface area contributed by atoms with Crippen LogP contribution in [0.2, 0.25) is 0 Å². The molecule has 162 valence electrons. The van der Waals surface area contributed by atoms with E-state index in [1.54, 1.807) is 6.07 Å². The predicted octanol–water partition coefficient (Wildman–Crippen LogP) is 1.76. The maximum Gasteiger partial charge on any atom is 0.344 e. The predicted molar refractivity (Wildman–Crippen MR) is 106 cm³/mol. The summed E-state index contributed by atoms with van der Waals surface area (Å²) in [6, 6.07) is 4.81. The molecule has 0 aromatic heterocycles. The van der Waals surface area contributed by atoms with E-state index >= 15 is 0 Å². The molecular formula is C21H27N3O6. The van der Waals surface area contributed by atoms with Crippen LogP contribution in [0.5, 0.6) is 5.75 Å². The van der Waals surface area contributed by atoms with Gasteiger partial charge < -0.3 is 14.8 Å². The second kappa shape index (κ2) is 8.73. The van der Waals surface area contributed by atoms with Crippen molar-refractivity contribution < 1.29 is 28.7 Å². The summed E-state index contributed by atoms with van der Waals surface area (Å²) in [6.07, 6.45) is 2.73. The van der Waals surface area contributed by atoms with Gasteiger partial charge in [-0.1, -0.05) is 19.1 Å². The van der Waals surface area contributed by atoms with Gasteiger partial charge in [0.1, 0.15) is 11.3 Å². The minimum Gasteiger partial charge on any atom is -0.482 e. The third-order valence-electron chi connectivity index (χ3n) is 5.79. The topological polar surface area (TPSA) is 114 Å². The number of carbonyl (C=O) groups is 4. The van der Waals surface area contributed by atoms with Gasteiger partial charge in [-0.25, -0.2) is 9.59 Å². The number of rotatable bonds is 6. The van der Waals surface area contributed by atoms with Crippen molar-refractivity contribution in [2.24, 2.45) is 5.92 Å². The molecule has 3 rings (SSSR count). The number of hydrogen-bond acceptors (Lipinski definition) is 6. The summed E-state index contributed by atoms with van der Waals surface area (Å²) in [5.41, 5.74) is 3.21. The average molecular weight is 417 g/mol. The quantitative estimate of drug-likeness (QED) is 0.539. The molecule has 2 fully saturated rings. The number of aryl methyl sites for hydroxylation is 1. The third-order valence-corrected chi connectivity index (χ3v) is 5.79. The molecule has 1 saturated heterocycles. The zero-order valence-corrected chi connectivity index (χ0v) is 17.4. The lowest BCUT2D eigenvalue weighted by atomic mass is 9.77. The molecule has 0 unspecified atom stereocenters. The largest absolute Gasteiger partial charge is 0.482 e. The molecule has 1 spiro atoms. The van der Waals surface area contributed by atoms with E-state index in [1.165, 1.54) is 0 Å². The molecule has 0 atom stereocenters. The van der Waals surface area contributed by atoms with Crippen molar-refractivity contribution in [1.82, 2.24) is 15.8 Å². The van der Waals surface area contributed by atoms with Crippen molar-refractivity contribution in [3.8, 4) is 5.75 Å². The molecule has 1 aliphatic carbocycles. The third kappa shape index (κ3) is 4.55. The molecule has 4 amide bonds. The molecule has 2 aliphatic rings. The van der Waals surface area contributed by atoms with Crippen LogP contribution < -0.4 is 15.5 Å². The molecule has 30 heavy (non-hydrogen) atoms. The number of carbonyl (C=O) groups excluding carboxylic acids is 4.